The van der Waals surface area contributed by atoms with E-state index >= 15 is 0 Å². The van der Waals surface area contributed by atoms with Gasteiger partial charge in [0.25, 0.3) is 0 Å². The molecule has 0 atom stereocenters. The van der Waals surface area contributed by atoms with Gasteiger partial charge >= 0.3 is 24.1 Å². The predicted octanol–water partition coefficient (Wildman–Crippen LogP) is -1.73. The summed E-state index contributed by atoms with van der Waals surface area (Å²) in [5.74, 6) is -2.76. The SMILES string of the molecule is O=C1OC(C(=O)N2CCOCC2)OC1=O. The number of morpholine rings is 1. The van der Waals surface area contributed by atoms with Gasteiger partial charge < -0.3 is 19.1 Å². The fraction of sp³-hybridized carbons (Fsp3) is 0.625. The number of carbonyl (C=O) groups is 3. The first-order valence-electron chi connectivity index (χ1n) is 4.46. The Labute approximate surface area is 84.9 Å². The third-order valence-corrected chi connectivity index (χ3v) is 2.12. The van der Waals surface area contributed by atoms with Crippen LogP contribution in [0.2, 0.25) is 0 Å². The van der Waals surface area contributed by atoms with Gasteiger partial charge in [-0.2, -0.15) is 0 Å². The maximum Gasteiger partial charge on any atom is 0.421 e. The minimum atomic E-state index is -1.41. The summed E-state index contributed by atoms with van der Waals surface area (Å²) in [6.45, 7) is 1.68. The molecule has 2 aliphatic rings. The molecule has 7 heteroatoms. The average molecular weight is 215 g/mol. The summed E-state index contributed by atoms with van der Waals surface area (Å²) >= 11 is 0. The summed E-state index contributed by atoms with van der Waals surface area (Å²) in [6.07, 6.45) is -1.41. The molecule has 2 aliphatic heterocycles. The first kappa shape index (κ1) is 9.91. The van der Waals surface area contributed by atoms with Crippen molar-refractivity contribution in [2.45, 2.75) is 6.29 Å². The fourth-order valence-electron chi connectivity index (χ4n) is 1.35. The van der Waals surface area contributed by atoms with E-state index in [0.29, 0.717) is 26.3 Å². The van der Waals surface area contributed by atoms with Gasteiger partial charge in [-0.05, 0) is 0 Å². The van der Waals surface area contributed by atoms with Crippen molar-refractivity contribution in [3.05, 3.63) is 0 Å². The second kappa shape index (κ2) is 3.85. The number of carbonyl (C=O) groups excluding carboxylic acids is 3. The zero-order valence-electron chi connectivity index (χ0n) is 7.80. The lowest BCUT2D eigenvalue weighted by Gasteiger charge is -2.27. The Bertz CT molecular complexity index is 292. The molecule has 0 bridgehead atoms. The molecule has 2 saturated heterocycles. The van der Waals surface area contributed by atoms with Gasteiger partial charge in [-0.1, -0.05) is 0 Å². The van der Waals surface area contributed by atoms with Crippen molar-refractivity contribution in [1.29, 1.82) is 0 Å². The van der Waals surface area contributed by atoms with Crippen molar-refractivity contribution in [2.24, 2.45) is 0 Å². The predicted molar refractivity (Wildman–Crippen MR) is 43.4 cm³/mol. The van der Waals surface area contributed by atoms with E-state index in [4.69, 9.17) is 4.74 Å². The first-order chi connectivity index (χ1) is 7.18. The lowest BCUT2D eigenvalue weighted by Crippen LogP contribution is -2.46. The number of ether oxygens (including phenoxy) is 3. The number of hydrogen-bond acceptors (Lipinski definition) is 6. The van der Waals surface area contributed by atoms with Crippen LogP contribution in [0, 0.1) is 0 Å². The van der Waals surface area contributed by atoms with Crippen molar-refractivity contribution >= 4 is 17.8 Å². The molecule has 2 heterocycles. The second-order valence-electron chi connectivity index (χ2n) is 3.08. The Morgan fingerprint density at radius 2 is 1.67 bits per heavy atom. The van der Waals surface area contributed by atoms with Crippen LogP contribution in [0.1, 0.15) is 0 Å². The second-order valence-corrected chi connectivity index (χ2v) is 3.08. The number of cyclic esters (lactones) is 2. The summed E-state index contributed by atoms with van der Waals surface area (Å²) in [4.78, 5) is 34.4. The normalized spacial score (nSPS) is 22.5. The average Bonchev–Trinajstić information content (AvgIpc) is 2.59. The maximum absolute atomic E-state index is 11.6. The summed E-state index contributed by atoms with van der Waals surface area (Å²) in [6, 6.07) is 0. The van der Waals surface area contributed by atoms with Gasteiger partial charge in [0.05, 0.1) is 13.2 Å². The molecule has 7 nitrogen and oxygen atoms in total. The van der Waals surface area contributed by atoms with Crippen LogP contribution in [-0.2, 0) is 28.6 Å². The van der Waals surface area contributed by atoms with Crippen molar-refractivity contribution < 1.29 is 28.6 Å². The van der Waals surface area contributed by atoms with Gasteiger partial charge in [0.1, 0.15) is 0 Å². The van der Waals surface area contributed by atoms with Gasteiger partial charge in [0.2, 0.25) is 0 Å². The van der Waals surface area contributed by atoms with Crippen LogP contribution in [0.5, 0.6) is 0 Å². The molecule has 0 aromatic carbocycles. The highest BCUT2D eigenvalue weighted by Gasteiger charge is 2.41. The van der Waals surface area contributed by atoms with Crippen LogP contribution in [0.3, 0.4) is 0 Å². The molecule has 0 spiro atoms. The van der Waals surface area contributed by atoms with Gasteiger partial charge in [0.15, 0.2) is 0 Å². The van der Waals surface area contributed by atoms with Gasteiger partial charge in [-0.25, -0.2) is 9.59 Å². The van der Waals surface area contributed by atoms with Gasteiger partial charge in [0, 0.05) is 13.1 Å². The molecule has 1 amide bonds. The molecule has 15 heavy (non-hydrogen) atoms. The standard InChI is InChI=1S/C8H9NO6/c10-5(9-1-3-13-4-2-9)8-14-6(11)7(12)15-8/h8H,1-4H2. The molecule has 0 radical (unpaired) electrons. The number of hydrogen-bond donors (Lipinski definition) is 0. The Morgan fingerprint density at radius 1 is 1.13 bits per heavy atom. The molecule has 0 aromatic rings. The highest BCUT2D eigenvalue weighted by molar-refractivity contribution is 6.31. The van der Waals surface area contributed by atoms with Gasteiger partial charge in [-0.3, -0.25) is 4.79 Å². The Morgan fingerprint density at radius 3 is 2.20 bits per heavy atom. The van der Waals surface area contributed by atoms with Crippen LogP contribution in [0.4, 0.5) is 0 Å². The topological polar surface area (TPSA) is 82.1 Å². The number of amides is 1. The van der Waals surface area contributed by atoms with Crippen molar-refractivity contribution in [3.8, 4) is 0 Å². The number of esters is 2. The van der Waals surface area contributed by atoms with Crippen LogP contribution >= 0.6 is 0 Å². The van der Waals surface area contributed by atoms with Crippen LogP contribution < -0.4 is 0 Å². The molecule has 2 rings (SSSR count). The lowest BCUT2D eigenvalue weighted by atomic mass is 10.4. The van der Waals surface area contributed by atoms with Crippen molar-refractivity contribution in [1.82, 2.24) is 4.90 Å². The highest BCUT2D eigenvalue weighted by atomic mass is 16.8. The molecule has 0 aliphatic carbocycles. The maximum atomic E-state index is 11.6. The van der Waals surface area contributed by atoms with Crippen LogP contribution in [-0.4, -0.2) is 55.3 Å². The Balaban J connectivity index is 1.96. The quantitative estimate of drug-likeness (QED) is 0.382. The lowest BCUT2D eigenvalue weighted by molar-refractivity contribution is -0.169. The molecule has 0 N–H and O–H groups in total. The molecule has 2 fully saturated rings. The van der Waals surface area contributed by atoms with Gasteiger partial charge in [-0.15, -0.1) is 0 Å². The van der Waals surface area contributed by atoms with E-state index in [9.17, 15) is 14.4 Å². The summed E-state index contributed by atoms with van der Waals surface area (Å²) in [5.41, 5.74) is 0. The minimum absolute atomic E-state index is 0.407. The van der Waals surface area contributed by atoms with E-state index in [1.807, 2.05) is 0 Å². The minimum Gasteiger partial charge on any atom is -0.407 e. The monoisotopic (exact) mass is 215 g/mol. The highest BCUT2D eigenvalue weighted by Crippen LogP contribution is 2.11. The van der Waals surface area contributed by atoms with E-state index in [0.717, 1.165) is 0 Å². The zero-order valence-corrected chi connectivity index (χ0v) is 7.80. The third-order valence-electron chi connectivity index (χ3n) is 2.12. The van der Waals surface area contributed by atoms with E-state index in [2.05, 4.69) is 9.47 Å². The van der Waals surface area contributed by atoms with E-state index < -0.39 is 24.1 Å². The van der Waals surface area contributed by atoms with Crippen molar-refractivity contribution in [3.63, 3.8) is 0 Å². The Hall–Kier alpha value is -1.63. The third kappa shape index (κ3) is 1.91. The van der Waals surface area contributed by atoms with Crippen LogP contribution in [0.15, 0.2) is 0 Å². The molecule has 82 valence electrons. The van der Waals surface area contributed by atoms with E-state index in [1.54, 1.807) is 0 Å². The largest absolute Gasteiger partial charge is 0.421 e. The number of nitrogens with zero attached hydrogens (tertiary/aromatic N) is 1. The molecule has 0 aromatic heterocycles. The molecular formula is C8H9NO6. The number of rotatable bonds is 1. The smallest absolute Gasteiger partial charge is 0.407 e. The molecule has 0 saturated carbocycles. The van der Waals surface area contributed by atoms with Crippen molar-refractivity contribution in [2.75, 3.05) is 26.3 Å². The van der Waals surface area contributed by atoms with E-state index in [1.165, 1.54) is 4.90 Å². The summed E-state index contributed by atoms with van der Waals surface area (Å²) < 4.78 is 13.9. The van der Waals surface area contributed by atoms with Crippen LogP contribution in [0.25, 0.3) is 0 Å². The summed E-state index contributed by atoms with van der Waals surface area (Å²) in [5, 5.41) is 0. The first-order valence-corrected chi connectivity index (χ1v) is 4.46. The zero-order chi connectivity index (χ0) is 10.8. The van der Waals surface area contributed by atoms with E-state index in [-0.39, 0.29) is 0 Å². The summed E-state index contributed by atoms with van der Waals surface area (Å²) in [7, 11) is 0. The Kier molecular flexibility index (Phi) is 2.55. The molecular weight excluding hydrogens is 206 g/mol. The molecule has 0 unspecified atom stereocenters. The fourth-order valence-corrected chi connectivity index (χ4v) is 1.35.